The van der Waals surface area contributed by atoms with Crippen molar-refractivity contribution in [1.82, 2.24) is 15.0 Å². The fourth-order valence-corrected chi connectivity index (χ4v) is 3.58. The second kappa shape index (κ2) is 6.43. The molecular weight excluding hydrogens is 363 g/mol. The summed E-state index contributed by atoms with van der Waals surface area (Å²) in [5, 5.41) is 1.26. The van der Waals surface area contributed by atoms with Gasteiger partial charge in [-0.3, -0.25) is 4.98 Å². The summed E-state index contributed by atoms with van der Waals surface area (Å²) >= 11 is 6.21. The molecule has 27 heavy (non-hydrogen) atoms. The second-order valence-corrected chi connectivity index (χ2v) is 7.30. The monoisotopic (exact) mass is 380 g/mol. The summed E-state index contributed by atoms with van der Waals surface area (Å²) in [5.41, 5.74) is 9.48. The number of nitrogens with zero attached hydrogens (tertiary/aromatic N) is 3. The van der Waals surface area contributed by atoms with Gasteiger partial charge in [-0.15, -0.1) is 0 Å². The van der Waals surface area contributed by atoms with Crippen LogP contribution < -0.4 is 5.73 Å². The molecule has 0 fully saturated rings. The molecule has 0 radical (unpaired) electrons. The van der Waals surface area contributed by atoms with Crippen molar-refractivity contribution in [3.05, 3.63) is 65.2 Å². The molecule has 1 unspecified atom stereocenters. The lowest BCUT2D eigenvalue weighted by molar-refractivity contribution is 0.260. The number of hydrogen-bond acceptors (Lipinski definition) is 4. The number of aromatic nitrogens is 3. The van der Waals surface area contributed by atoms with Crippen LogP contribution in [0.25, 0.3) is 27.6 Å². The topological polar surface area (TPSA) is 64.7 Å². The third-order valence-corrected chi connectivity index (χ3v) is 4.80. The number of anilines is 1. The van der Waals surface area contributed by atoms with E-state index in [-0.39, 0.29) is 6.42 Å². The molecule has 6 heteroatoms. The first kappa shape index (κ1) is 17.6. The van der Waals surface area contributed by atoms with Crippen LogP contribution in [0.3, 0.4) is 0 Å². The Balaban J connectivity index is 2.04. The van der Waals surface area contributed by atoms with Crippen molar-refractivity contribution in [2.75, 3.05) is 5.73 Å². The standard InChI is InChI=1S/C21H18ClFN4/c1-12-10-14(11-16(22)26-12)17-15-4-3-9-25-19(15)20(24)27-18(17)13-5-7-21(2,23)8-6-13/h3-7,9-11H,8H2,1-2H3,(H2,24,27). The van der Waals surface area contributed by atoms with Gasteiger partial charge in [0.05, 0.1) is 5.69 Å². The molecule has 0 aliphatic heterocycles. The number of allylic oxidation sites excluding steroid dienone is 4. The van der Waals surface area contributed by atoms with Crippen LogP contribution in [0.4, 0.5) is 10.2 Å². The Morgan fingerprint density at radius 3 is 2.78 bits per heavy atom. The number of nitrogen functional groups attached to an aromatic ring is 1. The van der Waals surface area contributed by atoms with E-state index in [2.05, 4.69) is 15.0 Å². The maximum Gasteiger partial charge on any atom is 0.150 e. The van der Waals surface area contributed by atoms with E-state index in [0.717, 1.165) is 27.8 Å². The van der Waals surface area contributed by atoms with E-state index >= 15 is 0 Å². The van der Waals surface area contributed by atoms with Crippen LogP contribution in [0.15, 0.2) is 48.7 Å². The summed E-state index contributed by atoms with van der Waals surface area (Å²) in [6, 6.07) is 7.55. The van der Waals surface area contributed by atoms with Crippen molar-refractivity contribution in [2.45, 2.75) is 25.9 Å². The Kier molecular flexibility index (Phi) is 4.19. The van der Waals surface area contributed by atoms with Crippen LogP contribution in [0.2, 0.25) is 5.15 Å². The quantitative estimate of drug-likeness (QED) is 0.612. The number of hydrogen-bond donors (Lipinski definition) is 1. The molecule has 3 aromatic heterocycles. The molecule has 0 amide bonds. The van der Waals surface area contributed by atoms with Crippen molar-refractivity contribution in [2.24, 2.45) is 0 Å². The Bertz CT molecular complexity index is 1100. The number of nitrogens with two attached hydrogens (primary N) is 1. The van der Waals surface area contributed by atoms with Crippen LogP contribution in [-0.2, 0) is 0 Å². The molecule has 0 spiro atoms. The van der Waals surface area contributed by atoms with Crippen molar-refractivity contribution < 1.29 is 4.39 Å². The fourth-order valence-electron chi connectivity index (χ4n) is 3.33. The van der Waals surface area contributed by atoms with Crippen LogP contribution in [-0.4, -0.2) is 20.6 Å². The first-order valence-corrected chi connectivity index (χ1v) is 8.99. The van der Waals surface area contributed by atoms with Gasteiger partial charge in [0, 0.05) is 29.3 Å². The molecule has 136 valence electrons. The molecule has 1 aliphatic carbocycles. The van der Waals surface area contributed by atoms with E-state index in [1.165, 1.54) is 0 Å². The molecule has 3 aromatic rings. The Labute approximate surface area is 161 Å². The minimum Gasteiger partial charge on any atom is -0.382 e. The SMILES string of the molecule is Cc1cc(-c2c(C3=CCC(C)(F)C=C3)nc(N)c3ncccc23)cc(Cl)n1. The number of rotatable bonds is 2. The average Bonchev–Trinajstić information content (AvgIpc) is 2.61. The van der Waals surface area contributed by atoms with Crippen molar-refractivity contribution in [3.8, 4) is 11.1 Å². The highest BCUT2D eigenvalue weighted by Gasteiger charge is 2.24. The normalized spacial score (nSPS) is 19.3. The number of alkyl halides is 1. The van der Waals surface area contributed by atoms with E-state index in [0.29, 0.717) is 22.2 Å². The average molecular weight is 381 g/mol. The maximum atomic E-state index is 14.2. The molecule has 1 aliphatic rings. The van der Waals surface area contributed by atoms with Crippen molar-refractivity contribution in [1.29, 1.82) is 0 Å². The highest BCUT2D eigenvalue weighted by atomic mass is 35.5. The molecule has 0 aromatic carbocycles. The van der Waals surface area contributed by atoms with Crippen molar-refractivity contribution in [3.63, 3.8) is 0 Å². The van der Waals surface area contributed by atoms with Gasteiger partial charge in [-0.1, -0.05) is 29.8 Å². The van der Waals surface area contributed by atoms with E-state index in [9.17, 15) is 4.39 Å². The lowest BCUT2D eigenvalue weighted by atomic mass is 9.90. The van der Waals surface area contributed by atoms with E-state index in [4.69, 9.17) is 17.3 Å². The first-order valence-electron chi connectivity index (χ1n) is 8.61. The van der Waals surface area contributed by atoms with Gasteiger partial charge >= 0.3 is 0 Å². The Morgan fingerprint density at radius 1 is 1.26 bits per heavy atom. The summed E-state index contributed by atoms with van der Waals surface area (Å²) in [5.74, 6) is 0.337. The molecule has 0 saturated heterocycles. The van der Waals surface area contributed by atoms with Crippen LogP contribution in [0, 0.1) is 6.92 Å². The van der Waals surface area contributed by atoms with Gasteiger partial charge in [-0.05, 0) is 49.3 Å². The van der Waals surface area contributed by atoms with Crippen LogP contribution >= 0.6 is 11.6 Å². The summed E-state index contributed by atoms with van der Waals surface area (Å²) in [4.78, 5) is 13.3. The molecule has 0 bridgehead atoms. The van der Waals surface area contributed by atoms with Gasteiger partial charge in [0.15, 0.2) is 5.82 Å². The summed E-state index contributed by atoms with van der Waals surface area (Å²) in [6.07, 6.45) is 7.13. The van der Waals surface area contributed by atoms with Crippen LogP contribution in [0.1, 0.15) is 24.7 Å². The number of halogens is 2. The second-order valence-electron chi connectivity index (χ2n) is 6.92. The van der Waals surface area contributed by atoms with Gasteiger partial charge in [0.1, 0.15) is 16.3 Å². The van der Waals surface area contributed by atoms with E-state index in [1.807, 2.05) is 31.2 Å². The van der Waals surface area contributed by atoms with E-state index < -0.39 is 5.67 Å². The molecule has 4 nitrogen and oxygen atoms in total. The predicted octanol–water partition coefficient (Wildman–Crippen LogP) is 5.31. The molecule has 4 rings (SSSR count). The first-order chi connectivity index (χ1) is 12.8. The molecular formula is C21H18ClFN4. The summed E-state index contributed by atoms with van der Waals surface area (Å²) in [7, 11) is 0. The van der Waals surface area contributed by atoms with E-state index in [1.54, 1.807) is 31.3 Å². The highest BCUT2D eigenvalue weighted by molar-refractivity contribution is 6.29. The largest absolute Gasteiger partial charge is 0.382 e. The Morgan fingerprint density at radius 2 is 2.07 bits per heavy atom. The zero-order valence-corrected chi connectivity index (χ0v) is 15.8. The minimum atomic E-state index is -1.36. The van der Waals surface area contributed by atoms with Crippen molar-refractivity contribution >= 4 is 33.9 Å². The van der Waals surface area contributed by atoms with Gasteiger partial charge in [-0.25, -0.2) is 14.4 Å². The summed E-state index contributed by atoms with van der Waals surface area (Å²) in [6.45, 7) is 3.43. The van der Waals surface area contributed by atoms with Gasteiger partial charge in [-0.2, -0.15) is 0 Å². The predicted molar refractivity (Wildman–Crippen MR) is 108 cm³/mol. The molecule has 0 saturated carbocycles. The maximum absolute atomic E-state index is 14.2. The van der Waals surface area contributed by atoms with Gasteiger partial charge in [0.25, 0.3) is 0 Å². The van der Waals surface area contributed by atoms with Crippen LogP contribution in [0.5, 0.6) is 0 Å². The number of pyridine rings is 3. The highest BCUT2D eigenvalue weighted by Crippen LogP contribution is 2.39. The minimum absolute atomic E-state index is 0.279. The molecule has 3 heterocycles. The molecule has 1 atom stereocenters. The van der Waals surface area contributed by atoms with Gasteiger partial charge < -0.3 is 5.73 Å². The number of fused-ring (bicyclic) bond motifs is 1. The Hall–Kier alpha value is -2.79. The number of aryl methyl sites for hydroxylation is 1. The molecule has 2 N–H and O–H groups in total. The lowest BCUT2D eigenvalue weighted by Gasteiger charge is -2.21. The third-order valence-electron chi connectivity index (χ3n) is 4.60. The zero-order valence-electron chi connectivity index (χ0n) is 15.0. The smallest absolute Gasteiger partial charge is 0.150 e. The summed E-state index contributed by atoms with van der Waals surface area (Å²) < 4.78 is 14.2. The van der Waals surface area contributed by atoms with Gasteiger partial charge in [0.2, 0.25) is 0 Å². The fraction of sp³-hybridized carbons (Fsp3) is 0.190. The lowest BCUT2D eigenvalue weighted by Crippen LogP contribution is -2.15. The third kappa shape index (κ3) is 3.30. The zero-order chi connectivity index (χ0) is 19.2.